The van der Waals surface area contributed by atoms with E-state index in [-0.39, 0.29) is 11.7 Å². The van der Waals surface area contributed by atoms with Gasteiger partial charge in [-0.1, -0.05) is 22.6 Å². The first kappa shape index (κ1) is 18.3. The van der Waals surface area contributed by atoms with Crippen molar-refractivity contribution in [2.75, 3.05) is 13.1 Å². The smallest absolute Gasteiger partial charge is 0.276 e. The maximum Gasteiger partial charge on any atom is 0.276 e. The molecule has 0 spiro atoms. The lowest BCUT2D eigenvalue weighted by molar-refractivity contribution is 0.0674. The molecule has 1 aliphatic heterocycles. The van der Waals surface area contributed by atoms with Gasteiger partial charge in [0.15, 0.2) is 5.69 Å². The maximum absolute atomic E-state index is 13.1. The predicted molar refractivity (Wildman–Crippen MR) is 98.9 cm³/mol. The van der Waals surface area contributed by atoms with Crippen LogP contribution < -0.4 is 0 Å². The van der Waals surface area contributed by atoms with Crippen LogP contribution in [0.15, 0.2) is 36.7 Å². The highest BCUT2D eigenvalue weighted by molar-refractivity contribution is 5.93. The minimum atomic E-state index is -0.276. The first-order valence-electron chi connectivity index (χ1n) is 9.38. The Kier molecular flexibility index (Phi) is 5.14. The fourth-order valence-electron chi connectivity index (χ4n) is 3.53. The highest BCUT2D eigenvalue weighted by Gasteiger charge is 2.27. The van der Waals surface area contributed by atoms with Gasteiger partial charge in [-0.2, -0.15) is 0 Å². The monoisotopic (exact) mass is 383 g/mol. The quantitative estimate of drug-likeness (QED) is 0.672. The molecule has 9 heteroatoms. The zero-order valence-corrected chi connectivity index (χ0v) is 15.7. The van der Waals surface area contributed by atoms with Gasteiger partial charge in [-0.15, -0.1) is 10.2 Å². The SMILES string of the molecule is Cc1c(C(=O)N2CCC(Cn3ccnn3)CC2)nnn1Cc1ccc(F)cc1. The van der Waals surface area contributed by atoms with Crippen LogP contribution in [0.4, 0.5) is 4.39 Å². The third-order valence-corrected chi connectivity index (χ3v) is 5.25. The molecular formula is C19H22FN7O. The molecule has 0 radical (unpaired) electrons. The fraction of sp³-hybridized carbons (Fsp3) is 0.421. The number of amides is 1. The third kappa shape index (κ3) is 3.92. The summed E-state index contributed by atoms with van der Waals surface area (Å²) >= 11 is 0. The van der Waals surface area contributed by atoms with E-state index in [0.717, 1.165) is 30.6 Å². The molecule has 1 saturated heterocycles. The minimum Gasteiger partial charge on any atom is -0.337 e. The normalized spacial score (nSPS) is 15.1. The molecule has 2 aromatic heterocycles. The second-order valence-corrected chi connectivity index (χ2v) is 7.17. The van der Waals surface area contributed by atoms with Crippen molar-refractivity contribution < 1.29 is 9.18 Å². The van der Waals surface area contributed by atoms with E-state index in [0.29, 0.717) is 31.2 Å². The van der Waals surface area contributed by atoms with Crippen LogP contribution in [0.2, 0.25) is 0 Å². The molecule has 0 N–H and O–H groups in total. The summed E-state index contributed by atoms with van der Waals surface area (Å²) in [7, 11) is 0. The molecule has 4 rings (SSSR count). The molecule has 3 aromatic rings. The van der Waals surface area contributed by atoms with E-state index >= 15 is 0 Å². The summed E-state index contributed by atoms with van der Waals surface area (Å²) in [5, 5.41) is 16.1. The number of rotatable bonds is 5. The molecule has 3 heterocycles. The molecular weight excluding hydrogens is 361 g/mol. The summed E-state index contributed by atoms with van der Waals surface area (Å²) in [4.78, 5) is 14.7. The number of carbonyl (C=O) groups is 1. The van der Waals surface area contributed by atoms with Crippen molar-refractivity contribution in [1.29, 1.82) is 0 Å². The van der Waals surface area contributed by atoms with Crippen molar-refractivity contribution in [3.8, 4) is 0 Å². The van der Waals surface area contributed by atoms with Gasteiger partial charge in [0, 0.05) is 25.8 Å². The van der Waals surface area contributed by atoms with Crippen LogP contribution in [-0.2, 0) is 13.1 Å². The maximum atomic E-state index is 13.1. The zero-order valence-electron chi connectivity index (χ0n) is 15.7. The Balaban J connectivity index is 1.37. The second-order valence-electron chi connectivity index (χ2n) is 7.17. The summed E-state index contributed by atoms with van der Waals surface area (Å²) in [5.41, 5.74) is 2.01. The second kappa shape index (κ2) is 7.87. The van der Waals surface area contributed by atoms with Gasteiger partial charge in [0.2, 0.25) is 0 Å². The Bertz CT molecular complexity index is 928. The van der Waals surface area contributed by atoms with E-state index in [2.05, 4.69) is 20.6 Å². The Morgan fingerprint density at radius 1 is 1.18 bits per heavy atom. The van der Waals surface area contributed by atoms with E-state index in [1.807, 2.05) is 22.7 Å². The van der Waals surface area contributed by atoms with Gasteiger partial charge in [-0.3, -0.25) is 9.48 Å². The van der Waals surface area contributed by atoms with Crippen LogP contribution in [0, 0.1) is 18.7 Å². The van der Waals surface area contributed by atoms with E-state index in [1.54, 1.807) is 23.0 Å². The van der Waals surface area contributed by atoms with Crippen molar-refractivity contribution in [1.82, 2.24) is 34.9 Å². The summed E-state index contributed by atoms with van der Waals surface area (Å²) < 4.78 is 16.6. The number of halogens is 1. The van der Waals surface area contributed by atoms with Crippen molar-refractivity contribution >= 4 is 5.91 Å². The van der Waals surface area contributed by atoms with Crippen molar-refractivity contribution in [2.24, 2.45) is 5.92 Å². The summed E-state index contributed by atoms with van der Waals surface area (Å²) in [6.45, 7) is 4.51. The number of aromatic nitrogens is 6. The van der Waals surface area contributed by atoms with Gasteiger partial charge in [0.05, 0.1) is 18.4 Å². The lowest BCUT2D eigenvalue weighted by atomic mass is 9.96. The van der Waals surface area contributed by atoms with Crippen molar-refractivity contribution in [2.45, 2.75) is 32.9 Å². The van der Waals surface area contributed by atoms with Gasteiger partial charge < -0.3 is 4.90 Å². The van der Waals surface area contributed by atoms with Crippen LogP contribution in [-0.4, -0.2) is 53.9 Å². The third-order valence-electron chi connectivity index (χ3n) is 5.25. The average molecular weight is 383 g/mol. The van der Waals surface area contributed by atoms with Crippen molar-refractivity contribution in [3.05, 3.63) is 59.4 Å². The van der Waals surface area contributed by atoms with E-state index in [1.165, 1.54) is 12.1 Å². The Morgan fingerprint density at radius 3 is 2.61 bits per heavy atom. The van der Waals surface area contributed by atoms with Gasteiger partial charge in [-0.25, -0.2) is 9.07 Å². The predicted octanol–water partition coefficient (Wildman–Crippen LogP) is 1.92. The number of hydrogen-bond acceptors (Lipinski definition) is 5. The number of nitrogens with zero attached hydrogens (tertiary/aromatic N) is 7. The van der Waals surface area contributed by atoms with Crippen molar-refractivity contribution in [3.63, 3.8) is 0 Å². The molecule has 0 saturated carbocycles. The summed E-state index contributed by atoms with van der Waals surface area (Å²) in [6.07, 6.45) is 5.39. The number of piperidine rings is 1. The number of likely N-dealkylation sites (tertiary alicyclic amines) is 1. The van der Waals surface area contributed by atoms with Crippen LogP contribution >= 0.6 is 0 Å². The first-order chi connectivity index (χ1) is 13.6. The molecule has 146 valence electrons. The fourth-order valence-corrected chi connectivity index (χ4v) is 3.53. The van der Waals surface area contributed by atoms with Gasteiger partial charge >= 0.3 is 0 Å². The standard InChI is InChI=1S/C19H22FN7O/c1-14-18(22-24-27(14)13-15-2-4-17(20)5-3-15)19(28)25-9-6-16(7-10-25)12-26-11-8-21-23-26/h2-5,8,11,16H,6-7,9-10,12-13H2,1H3. The molecule has 0 unspecified atom stereocenters. The van der Waals surface area contributed by atoms with E-state index in [9.17, 15) is 9.18 Å². The summed E-state index contributed by atoms with van der Waals surface area (Å²) in [6, 6.07) is 6.24. The van der Waals surface area contributed by atoms with Crippen LogP contribution in [0.1, 0.15) is 34.6 Å². The van der Waals surface area contributed by atoms with Gasteiger partial charge in [-0.05, 0) is 43.4 Å². The molecule has 1 aliphatic rings. The molecule has 0 bridgehead atoms. The van der Waals surface area contributed by atoms with E-state index in [4.69, 9.17) is 0 Å². The molecule has 0 atom stereocenters. The molecule has 1 amide bonds. The largest absolute Gasteiger partial charge is 0.337 e. The molecule has 1 fully saturated rings. The summed E-state index contributed by atoms with van der Waals surface area (Å²) in [5.74, 6) is 0.130. The minimum absolute atomic E-state index is 0.0814. The number of benzene rings is 1. The Labute approximate surface area is 162 Å². The van der Waals surface area contributed by atoms with E-state index < -0.39 is 0 Å². The first-order valence-corrected chi connectivity index (χ1v) is 9.38. The van der Waals surface area contributed by atoms with Gasteiger partial charge in [0.1, 0.15) is 5.82 Å². The zero-order chi connectivity index (χ0) is 19.5. The molecule has 0 aliphatic carbocycles. The molecule has 8 nitrogen and oxygen atoms in total. The Hall–Kier alpha value is -3.10. The topological polar surface area (TPSA) is 81.7 Å². The lowest BCUT2D eigenvalue weighted by Crippen LogP contribution is -2.39. The highest BCUT2D eigenvalue weighted by Crippen LogP contribution is 2.21. The number of hydrogen-bond donors (Lipinski definition) is 0. The average Bonchev–Trinajstić information content (AvgIpc) is 3.34. The molecule has 28 heavy (non-hydrogen) atoms. The highest BCUT2D eigenvalue weighted by atomic mass is 19.1. The lowest BCUT2D eigenvalue weighted by Gasteiger charge is -2.31. The Morgan fingerprint density at radius 2 is 1.93 bits per heavy atom. The van der Waals surface area contributed by atoms with Gasteiger partial charge in [0.25, 0.3) is 5.91 Å². The molecule has 1 aromatic carbocycles. The number of carbonyl (C=O) groups excluding carboxylic acids is 1. The van der Waals surface area contributed by atoms with Crippen LogP contribution in [0.25, 0.3) is 0 Å². The van der Waals surface area contributed by atoms with Crippen LogP contribution in [0.3, 0.4) is 0 Å². The van der Waals surface area contributed by atoms with Crippen LogP contribution in [0.5, 0.6) is 0 Å².